The van der Waals surface area contributed by atoms with Crippen LogP contribution in [-0.2, 0) is 38.2 Å². The standard InChI is InChI=1S/2C39H38F2N8O3.C22H25N5O2/c2*1-52-23-39(38(51)45-29-5-7-33-31(18-29)36(47-46-33)27-8-12-42-34(17-27)25-2-3-25)11-15-48(22-39)21-35(50)49-13-9-24(10-14-49)26-4-6-30(32(41)16-26)37-43-19-28(40)20-44-37;1-29-13-22(7-9-23-12-22)21(28)25-16-4-5-18-17(11-16)20(27-26-18)15-6-8-24-19(10-15)14-2-3-14/h2*4-9,12,16-20,25H,2-3,10-11,13-15,21-23H2,1H3,(H,45,51)(H,46,47);4-6,8,10-11,14,23H,2-3,7,9,12-13H2,1H3,(H,25,28)(H,26,27)/t2*39-;22-/m111/s1. The molecule has 33 heteroatoms. The lowest BCUT2D eigenvalue weighted by molar-refractivity contribution is -0.133. The van der Waals surface area contributed by atoms with Crippen LogP contribution in [0.15, 0.2) is 183 Å². The number of hydrogen-bond donors (Lipinski definition) is 7. The van der Waals surface area contributed by atoms with Crippen LogP contribution in [0.3, 0.4) is 0 Å². The van der Waals surface area contributed by atoms with Crippen molar-refractivity contribution in [2.45, 2.75) is 88.4 Å². The average molecular weight is 1800 g/mol. The molecule has 5 aromatic carbocycles. The van der Waals surface area contributed by atoms with Crippen molar-refractivity contribution >= 4 is 90.5 Å². The molecule has 3 atom stereocenters. The molecular formula is C100H101F4N21O8. The van der Waals surface area contributed by atoms with Crippen LogP contribution < -0.4 is 21.3 Å². The predicted molar refractivity (Wildman–Crippen MR) is 495 cm³/mol. The monoisotopic (exact) mass is 1800 g/mol. The fourth-order valence-corrected chi connectivity index (χ4v) is 18.8. The number of H-pyrrole nitrogens is 3. The van der Waals surface area contributed by atoms with E-state index in [2.05, 4.69) is 105 Å². The molecule has 13 heterocycles. The lowest BCUT2D eigenvalue weighted by atomic mass is 9.86. The van der Waals surface area contributed by atoms with Crippen LogP contribution in [-0.4, -0.2) is 234 Å². The Morgan fingerprint density at radius 1 is 0.421 bits per heavy atom. The zero-order chi connectivity index (χ0) is 91.5. The highest BCUT2D eigenvalue weighted by molar-refractivity contribution is 6.04. The number of fused-ring (bicyclic) bond motifs is 3. The second-order valence-corrected chi connectivity index (χ2v) is 36.1. The Morgan fingerprint density at radius 3 is 1.12 bits per heavy atom. The smallest absolute Gasteiger partial charge is 0.237 e. The van der Waals surface area contributed by atoms with Crippen LogP contribution in [0.25, 0.3) is 100 Å². The molecule has 6 fully saturated rings. The molecule has 8 aliphatic rings. The largest absolute Gasteiger partial charge is 0.384 e. The number of nitrogens with zero attached hydrogens (tertiary/aromatic N) is 14. The first kappa shape index (κ1) is 88.7. The van der Waals surface area contributed by atoms with Gasteiger partial charge in [0.2, 0.25) is 29.5 Å². The van der Waals surface area contributed by atoms with Gasteiger partial charge in [-0.25, -0.2) is 37.5 Å². The number of rotatable bonds is 26. The van der Waals surface area contributed by atoms with E-state index >= 15 is 0 Å². The van der Waals surface area contributed by atoms with E-state index in [4.69, 9.17) is 14.2 Å². The number of benzene rings is 5. The van der Waals surface area contributed by atoms with E-state index in [1.54, 1.807) is 55.4 Å². The Kier molecular flexibility index (Phi) is 25.6. The first-order valence-electron chi connectivity index (χ1n) is 45.1. The quantitative estimate of drug-likeness (QED) is 0.0248. The number of likely N-dealkylation sites (tertiary alicyclic amines) is 2. The number of ether oxygens (including phenoxy) is 3. The maximum atomic E-state index is 15.0. The Hall–Kier alpha value is -13.6. The molecule has 0 unspecified atom stereocenters. The van der Waals surface area contributed by atoms with E-state index < -0.39 is 39.5 Å². The second-order valence-electron chi connectivity index (χ2n) is 36.1. The number of methoxy groups -OCH3 is 3. The number of aromatic nitrogens is 13. The summed E-state index contributed by atoms with van der Waals surface area (Å²) in [4.78, 5) is 104. The molecule has 133 heavy (non-hydrogen) atoms. The summed E-state index contributed by atoms with van der Waals surface area (Å²) >= 11 is 0. The van der Waals surface area contributed by atoms with Crippen molar-refractivity contribution in [1.29, 1.82) is 0 Å². The molecule has 682 valence electrons. The average Bonchev–Trinajstić information content (AvgIpc) is 1.66. The van der Waals surface area contributed by atoms with Crippen molar-refractivity contribution in [2.75, 3.05) is 136 Å². The summed E-state index contributed by atoms with van der Waals surface area (Å²) in [5.74, 6) is -0.676. The van der Waals surface area contributed by atoms with Crippen molar-refractivity contribution in [3.05, 3.63) is 234 Å². The lowest BCUT2D eigenvalue weighted by Gasteiger charge is -2.30. The van der Waals surface area contributed by atoms with E-state index in [-0.39, 0.29) is 78.6 Å². The first-order chi connectivity index (χ1) is 64.7. The molecule has 5 amide bonds. The molecule has 3 saturated carbocycles. The molecule has 0 bridgehead atoms. The van der Waals surface area contributed by atoms with E-state index in [1.807, 2.05) is 113 Å². The van der Waals surface area contributed by atoms with Gasteiger partial charge in [-0.2, -0.15) is 15.3 Å². The molecule has 0 radical (unpaired) electrons. The third-order valence-electron chi connectivity index (χ3n) is 26.7. The van der Waals surface area contributed by atoms with Crippen LogP contribution in [0.4, 0.5) is 34.6 Å². The Bertz CT molecular complexity index is 6320. The van der Waals surface area contributed by atoms with E-state index in [0.29, 0.717) is 131 Å². The third kappa shape index (κ3) is 19.6. The number of carbonyl (C=O) groups is 5. The van der Waals surface area contributed by atoms with Gasteiger partial charge in [0.05, 0.1) is 102 Å². The highest BCUT2D eigenvalue weighted by Crippen LogP contribution is 2.45. The minimum absolute atomic E-state index is 0.00586. The number of nitrogens with one attached hydrogen (secondary N) is 7. The maximum absolute atomic E-state index is 15.0. The summed E-state index contributed by atoms with van der Waals surface area (Å²) in [6.07, 6.45) is 23.5. The van der Waals surface area contributed by atoms with E-state index in [1.165, 1.54) is 25.0 Å². The normalized spacial score (nSPS) is 19.7. The minimum Gasteiger partial charge on any atom is -0.384 e. The third-order valence-corrected chi connectivity index (χ3v) is 26.7. The molecule has 3 saturated heterocycles. The SMILES string of the molecule is COC[C@@]1(C(=O)Nc2ccc3[nH]nc(-c4ccnc(C5CC5)c4)c3c2)CCN(CC(=O)N2CC=C(c3ccc(-c4ncc(F)cn4)c(F)c3)CC2)C1.COC[C@@]1(C(=O)Nc2ccc3[nH]nc(-c4ccnc(C5CC5)c4)c3c2)CCN(CC(=O)N2CC=C(c3ccc(-c4ncc(F)cn4)c(F)c3)CC2)C1.COC[C@@]1(C(=O)Nc2ccc3[nH]nc(-c4ccnc(C5CC5)c4)c3c2)CCNC1. The Balaban J connectivity index is 0.000000134. The fourth-order valence-electron chi connectivity index (χ4n) is 18.8. The van der Waals surface area contributed by atoms with Crippen molar-refractivity contribution in [3.63, 3.8) is 0 Å². The molecule has 13 aromatic rings. The minimum atomic E-state index is -0.822. The van der Waals surface area contributed by atoms with Gasteiger partial charge in [0.25, 0.3) is 0 Å². The number of hydrogen-bond acceptors (Lipinski definition) is 21. The first-order valence-corrected chi connectivity index (χ1v) is 45.1. The summed E-state index contributed by atoms with van der Waals surface area (Å²) in [5.41, 5.74) is 15.2. The molecule has 29 nitrogen and oxygen atoms in total. The number of halogens is 4. The van der Waals surface area contributed by atoms with Gasteiger partial charge in [-0.15, -0.1) is 0 Å². The Morgan fingerprint density at radius 2 is 0.789 bits per heavy atom. The van der Waals surface area contributed by atoms with Gasteiger partial charge in [-0.1, -0.05) is 24.3 Å². The van der Waals surface area contributed by atoms with Gasteiger partial charge < -0.3 is 45.3 Å². The highest BCUT2D eigenvalue weighted by atomic mass is 19.1. The van der Waals surface area contributed by atoms with Gasteiger partial charge >= 0.3 is 0 Å². The van der Waals surface area contributed by atoms with Gasteiger partial charge in [-0.05, 0) is 228 Å². The summed E-state index contributed by atoms with van der Waals surface area (Å²) in [6.45, 7) is 6.40. The van der Waals surface area contributed by atoms with Crippen molar-refractivity contribution in [3.8, 4) is 56.5 Å². The number of pyridine rings is 3. The molecule has 7 N–H and O–H groups in total. The van der Waals surface area contributed by atoms with Crippen LogP contribution >= 0.6 is 0 Å². The zero-order valence-corrected chi connectivity index (χ0v) is 74.0. The maximum Gasteiger partial charge on any atom is 0.237 e. The van der Waals surface area contributed by atoms with Crippen LogP contribution in [0.1, 0.15) is 117 Å². The fraction of sp³-hybridized carbons (Fsp3) is 0.350. The van der Waals surface area contributed by atoms with Crippen molar-refractivity contribution in [2.24, 2.45) is 16.2 Å². The second kappa shape index (κ2) is 38.3. The highest BCUT2D eigenvalue weighted by Gasteiger charge is 2.48. The molecule has 0 spiro atoms. The lowest BCUT2D eigenvalue weighted by Crippen LogP contribution is -2.45. The van der Waals surface area contributed by atoms with Gasteiger partial charge in [0.15, 0.2) is 23.3 Å². The van der Waals surface area contributed by atoms with Crippen LogP contribution in [0.5, 0.6) is 0 Å². The van der Waals surface area contributed by atoms with Gasteiger partial charge in [-0.3, -0.25) is 64.0 Å². The predicted octanol–water partition coefficient (Wildman–Crippen LogP) is 14.7. The molecule has 21 rings (SSSR count). The molecule has 5 aliphatic heterocycles. The molecular weight excluding hydrogens is 1700 g/mol. The van der Waals surface area contributed by atoms with Gasteiger partial charge in [0.1, 0.15) is 28.7 Å². The van der Waals surface area contributed by atoms with E-state index in [0.717, 1.165) is 164 Å². The summed E-state index contributed by atoms with van der Waals surface area (Å²) in [6, 6.07) is 39.2. The van der Waals surface area contributed by atoms with Crippen molar-refractivity contribution in [1.82, 2.24) is 90.4 Å². The number of aromatic amines is 3. The molecule has 8 aromatic heterocycles. The molecule has 3 aliphatic carbocycles. The zero-order valence-electron chi connectivity index (χ0n) is 74.0. The van der Waals surface area contributed by atoms with E-state index in [9.17, 15) is 41.5 Å². The Labute approximate surface area is 763 Å². The summed E-state index contributed by atoms with van der Waals surface area (Å²) < 4.78 is 72.8. The summed E-state index contributed by atoms with van der Waals surface area (Å²) in [7, 11) is 4.82. The van der Waals surface area contributed by atoms with Crippen molar-refractivity contribution < 1.29 is 55.7 Å². The number of amides is 5. The summed E-state index contributed by atoms with van der Waals surface area (Å²) in [5, 5.41) is 38.5. The number of carbonyl (C=O) groups excluding carboxylic acids is 5. The van der Waals surface area contributed by atoms with Crippen LogP contribution in [0.2, 0.25) is 0 Å². The van der Waals surface area contributed by atoms with Gasteiger partial charge in [0, 0.05) is 170 Å². The topological polar surface area (TPSA) is 350 Å². The number of anilines is 3. The van der Waals surface area contributed by atoms with Crippen LogP contribution in [0, 0.1) is 39.5 Å².